The van der Waals surface area contributed by atoms with Gasteiger partial charge in [0.2, 0.25) is 5.91 Å². The molecule has 0 unspecified atom stereocenters. The van der Waals surface area contributed by atoms with E-state index < -0.39 is 0 Å². The lowest BCUT2D eigenvalue weighted by Gasteiger charge is -2.10. The normalized spacial score (nSPS) is 10.7. The lowest BCUT2D eigenvalue weighted by molar-refractivity contribution is -0.123. The Morgan fingerprint density at radius 3 is 2.67 bits per heavy atom. The van der Waals surface area contributed by atoms with Crippen LogP contribution in [-0.2, 0) is 11.3 Å². The predicted octanol–water partition coefficient (Wildman–Crippen LogP) is 2.86. The van der Waals surface area contributed by atoms with Gasteiger partial charge < -0.3 is 10.6 Å². The molecule has 100 valence electrons. The summed E-state index contributed by atoms with van der Waals surface area (Å²) in [6.45, 7) is 5.68. The molecule has 3 nitrogen and oxygen atoms in total. The standard InChI is InChI=1S/C13H18Cl2N2O/c1-9(2)13(18)17-7-6-16-8-10-4-3-5-11(14)12(10)15/h3-5,9,16H,6-8H2,1-2H3,(H,17,18). The fourth-order valence-corrected chi connectivity index (χ4v) is 1.77. The fourth-order valence-electron chi connectivity index (χ4n) is 1.39. The van der Waals surface area contributed by atoms with Gasteiger partial charge in [-0.2, -0.15) is 0 Å². The second-order valence-electron chi connectivity index (χ2n) is 4.34. The van der Waals surface area contributed by atoms with E-state index in [1.54, 1.807) is 6.07 Å². The van der Waals surface area contributed by atoms with Crippen molar-refractivity contribution in [2.75, 3.05) is 13.1 Å². The molecule has 1 amide bonds. The zero-order valence-electron chi connectivity index (χ0n) is 10.6. The summed E-state index contributed by atoms with van der Waals surface area (Å²) < 4.78 is 0. The maximum Gasteiger partial charge on any atom is 0.222 e. The number of hydrogen-bond acceptors (Lipinski definition) is 2. The molecule has 0 fully saturated rings. The summed E-state index contributed by atoms with van der Waals surface area (Å²) >= 11 is 12.0. The van der Waals surface area contributed by atoms with Crippen molar-refractivity contribution >= 4 is 29.1 Å². The van der Waals surface area contributed by atoms with Crippen LogP contribution in [0.15, 0.2) is 18.2 Å². The SMILES string of the molecule is CC(C)C(=O)NCCNCc1cccc(Cl)c1Cl. The highest BCUT2D eigenvalue weighted by atomic mass is 35.5. The molecule has 0 aliphatic carbocycles. The van der Waals surface area contributed by atoms with Gasteiger partial charge in [0, 0.05) is 25.6 Å². The molecule has 5 heteroatoms. The third-order valence-corrected chi connectivity index (χ3v) is 3.33. The van der Waals surface area contributed by atoms with Crippen molar-refractivity contribution < 1.29 is 4.79 Å². The maximum atomic E-state index is 11.3. The maximum absolute atomic E-state index is 11.3. The van der Waals surface area contributed by atoms with E-state index in [-0.39, 0.29) is 11.8 Å². The van der Waals surface area contributed by atoms with Crippen molar-refractivity contribution in [3.8, 4) is 0 Å². The van der Waals surface area contributed by atoms with Gasteiger partial charge in [0.15, 0.2) is 0 Å². The van der Waals surface area contributed by atoms with Crippen LogP contribution >= 0.6 is 23.2 Å². The molecule has 0 saturated heterocycles. The smallest absolute Gasteiger partial charge is 0.222 e. The van der Waals surface area contributed by atoms with Crippen LogP contribution in [0.4, 0.5) is 0 Å². The number of benzene rings is 1. The predicted molar refractivity (Wildman–Crippen MR) is 76.0 cm³/mol. The molecule has 0 heterocycles. The van der Waals surface area contributed by atoms with Gasteiger partial charge in [-0.3, -0.25) is 4.79 Å². The van der Waals surface area contributed by atoms with Crippen molar-refractivity contribution in [1.29, 1.82) is 0 Å². The lowest BCUT2D eigenvalue weighted by atomic mass is 10.2. The Kier molecular flexibility index (Phi) is 6.47. The fraction of sp³-hybridized carbons (Fsp3) is 0.462. The van der Waals surface area contributed by atoms with Crippen LogP contribution in [0, 0.1) is 5.92 Å². The largest absolute Gasteiger partial charge is 0.355 e. The summed E-state index contributed by atoms with van der Waals surface area (Å²) in [5.41, 5.74) is 0.958. The first kappa shape index (κ1) is 15.3. The van der Waals surface area contributed by atoms with E-state index in [0.717, 1.165) is 5.56 Å². The average Bonchev–Trinajstić information content (AvgIpc) is 2.33. The molecule has 18 heavy (non-hydrogen) atoms. The molecule has 1 aromatic carbocycles. The number of carbonyl (C=O) groups excluding carboxylic acids is 1. The number of halogens is 2. The van der Waals surface area contributed by atoms with Crippen LogP contribution in [0.5, 0.6) is 0 Å². The second kappa shape index (κ2) is 7.62. The highest BCUT2D eigenvalue weighted by Crippen LogP contribution is 2.25. The second-order valence-corrected chi connectivity index (χ2v) is 5.12. The van der Waals surface area contributed by atoms with Crippen LogP contribution in [0.3, 0.4) is 0 Å². The molecule has 0 bridgehead atoms. The van der Waals surface area contributed by atoms with Gasteiger partial charge >= 0.3 is 0 Å². The molecule has 0 aliphatic rings. The Hall–Kier alpha value is -0.770. The lowest BCUT2D eigenvalue weighted by Crippen LogP contribution is -2.34. The highest BCUT2D eigenvalue weighted by Gasteiger charge is 2.05. The molecular formula is C13H18Cl2N2O. The zero-order chi connectivity index (χ0) is 13.5. The number of hydrogen-bond donors (Lipinski definition) is 2. The van der Waals surface area contributed by atoms with E-state index in [4.69, 9.17) is 23.2 Å². The third kappa shape index (κ3) is 4.84. The summed E-state index contributed by atoms with van der Waals surface area (Å²) in [4.78, 5) is 11.3. The summed E-state index contributed by atoms with van der Waals surface area (Å²) in [6.07, 6.45) is 0. The molecule has 0 aromatic heterocycles. The van der Waals surface area contributed by atoms with E-state index in [2.05, 4.69) is 10.6 Å². The first-order valence-corrected chi connectivity index (χ1v) is 6.69. The van der Waals surface area contributed by atoms with Crippen LogP contribution in [-0.4, -0.2) is 19.0 Å². The molecular weight excluding hydrogens is 271 g/mol. The van der Waals surface area contributed by atoms with Crippen LogP contribution in [0.25, 0.3) is 0 Å². The zero-order valence-corrected chi connectivity index (χ0v) is 12.1. The first-order valence-electron chi connectivity index (χ1n) is 5.93. The monoisotopic (exact) mass is 288 g/mol. The first-order chi connectivity index (χ1) is 8.52. The van der Waals surface area contributed by atoms with E-state index in [1.165, 1.54) is 0 Å². The van der Waals surface area contributed by atoms with Crippen molar-refractivity contribution in [3.05, 3.63) is 33.8 Å². The summed E-state index contributed by atoms with van der Waals surface area (Å²) in [5, 5.41) is 7.18. The van der Waals surface area contributed by atoms with E-state index >= 15 is 0 Å². The molecule has 0 saturated carbocycles. The van der Waals surface area contributed by atoms with Gasteiger partial charge in [-0.1, -0.05) is 49.2 Å². The molecule has 1 rings (SSSR count). The van der Waals surface area contributed by atoms with Gasteiger partial charge in [-0.05, 0) is 11.6 Å². The van der Waals surface area contributed by atoms with Crippen LogP contribution in [0.2, 0.25) is 10.0 Å². The molecule has 0 radical (unpaired) electrons. The highest BCUT2D eigenvalue weighted by molar-refractivity contribution is 6.42. The Morgan fingerprint density at radius 2 is 2.00 bits per heavy atom. The average molecular weight is 289 g/mol. The van der Waals surface area contributed by atoms with E-state index in [1.807, 2.05) is 26.0 Å². The van der Waals surface area contributed by atoms with Crippen molar-refractivity contribution in [2.24, 2.45) is 5.92 Å². The van der Waals surface area contributed by atoms with Crippen LogP contribution < -0.4 is 10.6 Å². The minimum absolute atomic E-state index is 0.0207. The van der Waals surface area contributed by atoms with Gasteiger partial charge in [-0.25, -0.2) is 0 Å². The molecule has 1 aromatic rings. The van der Waals surface area contributed by atoms with Crippen LogP contribution in [0.1, 0.15) is 19.4 Å². The van der Waals surface area contributed by atoms with Gasteiger partial charge in [-0.15, -0.1) is 0 Å². The van der Waals surface area contributed by atoms with E-state index in [9.17, 15) is 4.79 Å². The number of rotatable bonds is 6. The van der Waals surface area contributed by atoms with Gasteiger partial charge in [0.05, 0.1) is 10.0 Å². The summed E-state index contributed by atoms with van der Waals surface area (Å²) in [6, 6.07) is 5.55. The number of carbonyl (C=O) groups is 1. The molecule has 0 spiro atoms. The topological polar surface area (TPSA) is 41.1 Å². The van der Waals surface area contributed by atoms with Gasteiger partial charge in [0.25, 0.3) is 0 Å². The Balaban J connectivity index is 2.26. The number of nitrogens with one attached hydrogen (secondary N) is 2. The van der Waals surface area contributed by atoms with Crippen molar-refractivity contribution in [1.82, 2.24) is 10.6 Å². The quantitative estimate of drug-likeness (QED) is 0.791. The van der Waals surface area contributed by atoms with Crippen molar-refractivity contribution in [3.63, 3.8) is 0 Å². The summed E-state index contributed by atoms with van der Waals surface area (Å²) in [7, 11) is 0. The molecule has 2 N–H and O–H groups in total. The Labute approximate surface area is 118 Å². The Bertz CT molecular complexity index is 408. The van der Waals surface area contributed by atoms with Gasteiger partial charge in [0.1, 0.15) is 0 Å². The molecule has 0 atom stereocenters. The summed E-state index contributed by atoms with van der Waals surface area (Å²) in [5.74, 6) is 0.0879. The minimum atomic E-state index is 0.0207. The van der Waals surface area contributed by atoms with Crippen molar-refractivity contribution in [2.45, 2.75) is 20.4 Å². The Morgan fingerprint density at radius 1 is 1.28 bits per heavy atom. The third-order valence-electron chi connectivity index (χ3n) is 2.47. The number of amides is 1. The molecule has 0 aliphatic heterocycles. The minimum Gasteiger partial charge on any atom is -0.355 e. The van der Waals surface area contributed by atoms with E-state index in [0.29, 0.717) is 29.7 Å².